The zero-order valence-corrected chi connectivity index (χ0v) is 18.5. The van der Waals surface area contributed by atoms with Gasteiger partial charge in [-0.05, 0) is 18.2 Å². The molecule has 0 radical (unpaired) electrons. The molecule has 0 amide bonds. The predicted molar refractivity (Wildman–Crippen MR) is 119 cm³/mol. The van der Waals surface area contributed by atoms with Crippen LogP contribution >= 0.6 is 7.60 Å². The van der Waals surface area contributed by atoms with Crippen LogP contribution in [0, 0.1) is 31.0 Å². The number of nitrogens with one attached hydrogen (secondary N) is 1. The third kappa shape index (κ3) is 9.11. The molecule has 0 spiro atoms. The van der Waals surface area contributed by atoms with E-state index in [-0.39, 0.29) is 0 Å². The van der Waals surface area contributed by atoms with Crippen molar-refractivity contribution in [2.24, 2.45) is 0 Å². The first-order chi connectivity index (χ1) is 15.2. The molecule has 162 valence electrons. The fraction of sp³-hybridized carbons (Fsp3) is 0.136. The van der Waals surface area contributed by atoms with E-state index >= 15 is 0 Å². The molecule has 1 N–H and O–H groups in total. The molecule has 0 bridgehead atoms. The number of rotatable bonds is 5. The number of aldehydes is 1. The maximum absolute atomic E-state index is 11.4. The van der Waals surface area contributed by atoms with Gasteiger partial charge in [0.2, 0.25) is 0 Å². The standard InChI is InChI=1S/C9H5N.C8H5NO.C5H10N2O4P/c1-3-8-5-4-6-9(7-8)10-2;1-9-8-4-2-3-7(5-8)6-10;1-4(8)5(7-6)12(9,10-2)11-3/h1,4-7H;2-6H;6H,1-3H3/q;;+1. The summed E-state index contributed by atoms with van der Waals surface area (Å²) in [5.74, 6) is 1.86. The Morgan fingerprint density at radius 3 is 2.00 bits per heavy atom. The highest BCUT2D eigenvalue weighted by molar-refractivity contribution is 7.74. The molecular formula is C22H20N4O5P+. The summed E-state index contributed by atoms with van der Waals surface area (Å²) in [7, 11) is -1.39. The number of Topliss-reactive ketones (excluding diaryl/α,β-unsaturated/α-hetero) is 1. The van der Waals surface area contributed by atoms with E-state index in [0.717, 1.165) is 33.0 Å². The monoisotopic (exact) mass is 451 g/mol. The third-order valence-corrected chi connectivity index (χ3v) is 5.33. The Hall–Kier alpha value is -4.15. The third-order valence-electron chi connectivity index (χ3n) is 3.44. The molecule has 0 aliphatic carbocycles. The first kappa shape index (κ1) is 27.8. The molecule has 0 fully saturated rings. The normalized spacial score (nSPS) is 9.00. The van der Waals surface area contributed by atoms with E-state index in [2.05, 4.69) is 29.4 Å². The van der Waals surface area contributed by atoms with Crippen molar-refractivity contribution in [3.05, 3.63) is 82.5 Å². The average molecular weight is 451 g/mol. The first-order valence-electron chi connectivity index (χ1n) is 8.59. The molecular weight excluding hydrogens is 431 g/mol. The zero-order valence-electron chi connectivity index (χ0n) is 17.6. The highest BCUT2D eigenvalue weighted by Gasteiger charge is 2.44. The van der Waals surface area contributed by atoms with Gasteiger partial charge in [-0.1, -0.05) is 36.3 Å². The van der Waals surface area contributed by atoms with Gasteiger partial charge >= 0.3 is 13.0 Å². The molecule has 0 aromatic heterocycles. The van der Waals surface area contributed by atoms with E-state index < -0.39 is 18.8 Å². The summed E-state index contributed by atoms with van der Waals surface area (Å²) in [6.07, 6.45) is 5.85. The van der Waals surface area contributed by atoms with E-state index in [1.165, 1.54) is 0 Å². The second-order valence-electron chi connectivity index (χ2n) is 5.49. The van der Waals surface area contributed by atoms with Gasteiger partial charge in [-0.15, -0.1) is 6.42 Å². The molecule has 0 atom stereocenters. The van der Waals surface area contributed by atoms with Crippen molar-refractivity contribution < 1.29 is 28.0 Å². The van der Waals surface area contributed by atoms with Crippen molar-refractivity contribution in [1.82, 2.24) is 0 Å². The summed E-state index contributed by atoms with van der Waals surface area (Å²) in [5.41, 5.74) is 8.50. The lowest BCUT2D eigenvalue weighted by Crippen LogP contribution is -2.14. The molecule has 2 aromatic rings. The van der Waals surface area contributed by atoms with Crippen molar-refractivity contribution in [2.45, 2.75) is 6.92 Å². The van der Waals surface area contributed by atoms with E-state index in [1.807, 2.05) is 0 Å². The Morgan fingerprint density at radius 1 is 1.09 bits per heavy atom. The number of carbonyl (C=O) groups is 2. The molecule has 0 heterocycles. The van der Waals surface area contributed by atoms with Gasteiger partial charge in [-0.2, -0.15) is 0 Å². The Kier molecular flexibility index (Phi) is 12.9. The number of ketones is 1. The fourth-order valence-corrected chi connectivity index (χ4v) is 2.92. The van der Waals surface area contributed by atoms with Gasteiger partial charge in [0, 0.05) is 32.3 Å². The van der Waals surface area contributed by atoms with Gasteiger partial charge in [-0.25, -0.2) is 14.3 Å². The van der Waals surface area contributed by atoms with E-state index in [9.17, 15) is 14.2 Å². The lowest BCUT2D eigenvalue weighted by atomic mass is 10.2. The quantitative estimate of drug-likeness (QED) is 0.131. The number of benzene rings is 2. The minimum atomic E-state index is -3.63. The smallest absolute Gasteiger partial charge is 0.303 e. The number of terminal acetylenes is 1. The van der Waals surface area contributed by atoms with Crippen LogP contribution in [0.4, 0.5) is 11.4 Å². The summed E-state index contributed by atoms with van der Waals surface area (Å²) >= 11 is 0. The van der Waals surface area contributed by atoms with Crippen LogP contribution in [0.2, 0.25) is 0 Å². The van der Waals surface area contributed by atoms with Gasteiger partial charge in [0.05, 0.1) is 23.5 Å². The molecule has 2 rings (SSSR count). The number of hydrogen-bond donors (Lipinski definition) is 1. The number of nitrogens with zero attached hydrogens (tertiary/aromatic N) is 3. The average Bonchev–Trinajstić information content (AvgIpc) is 2.84. The highest BCUT2D eigenvalue weighted by Crippen LogP contribution is 2.47. The van der Waals surface area contributed by atoms with Crippen molar-refractivity contribution in [1.29, 1.82) is 5.53 Å². The molecule has 2 aromatic carbocycles. The van der Waals surface area contributed by atoms with Crippen LogP contribution in [0.1, 0.15) is 22.8 Å². The van der Waals surface area contributed by atoms with Crippen molar-refractivity contribution >= 4 is 36.5 Å². The summed E-state index contributed by atoms with van der Waals surface area (Å²) in [6.45, 7) is 14.4. The summed E-state index contributed by atoms with van der Waals surface area (Å²) in [4.78, 5) is 30.1. The van der Waals surface area contributed by atoms with Crippen LogP contribution in [0.5, 0.6) is 0 Å². The number of carbonyl (C=O) groups excluding carboxylic acids is 2. The molecule has 0 unspecified atom stereocenters. The number of hydrogen-bond acceptors (Lipinski definition) is 6. The topological polar surface area (TPSA) is 116 Å². The SMILES string of the molecule is COP(=O)(OC)C(=[N+]=N)C(C)=O.[C-]#[N+]c1cccc(C#C)c1.[C-]#[N+]c1cccc(C=O)c1. The van der Waals surface area contributed by atoms with E-state index in [1.54, 1.807) is 48.5 Å². The Balaban J connectivity index is 0.000000452. The van der Waals surface area contributed by atoms with E-state index in [4.69, 9.17) is 25.1 Å². The molecule has 0 saturated carbocycles. The highest BCUT2D eigenvalue weighted by atomic mass is 31.2. The second kappa shape index (κ2) is 14.8. The molecule has 9 nitrogen and oxygen atoms in total. The molecule has 0 aliphatic heterocycles. The van der Waals surface area contributed by atoms with Crippen LogP contribution in [-0.4, -0.2) is 36.5 Å². The molecule has 0 saturated heterocycles. The van der Waals surface area contributed by atoms with E-state index in [0.29, 0.717) is 16.9 Å². The Morgan fingerprint density at radius 2 is 1.62 bits per heavy atom. The largest absolute Gasteiger partial charge is 0.492 e. The lowest BCUT2D eigenvalue weighted by molar-refractivity contribution is -0.133. The first-order valence-corrected chi connectivity index (χ1v) is 10.1. The Labute approximate surface area is 186 Å². The van der Waals surface area contributed by atoms with Gasteiger partial charge in [0.25, 0.3) is 5.78 Å². The maximum atomic E-state index is 11.4. The zero-order chi connectivity index (χ0) is 24.6. The Bertz CT molecular complexity index is 1140. The van der Waals surface area contributed by atoms with Crippen molar-refractivity contribution in [3.63, 3.8) is 0 Å². The molecule has 10 heteroatoms. The summed E-state index contributed by atoms with van der Waals surface area (Å²) < 4.78 is 20.3. The van der Waals surface area contributed by atoms with Crippen LogP contribution in [0.15, 0.2) is 48.5 Å². The van der Waals surface area contributed by atoms with Crippen LogP contribution in [0.25, 0.3) is 9.69 Å². The lowest BCUT2D eigenvalue weighted by Gasteiger charge is -2.04. The van der Waals surface area contributed by atoms with Crippen LogP contribution < -0.4 is 0 Å². The van der Waals surface area contributed by atoms with Crippen molar-refractivity contribution in [2.75, 3.05) is 14.2 Å². The van der Waals surface area contributed by atoms with Gasteiger partial charge in [0.1, 0.15) is 6.29 Å². The van der Waals surface area contributed by atoms with Crippen LogP contribution in [0.3, 0.4) is 0 Å². The van der Waals surface area contributed by atoms with Gasteiger partial charge in [0.15, 0.2) is 11.4 Å². The summed E-state index contributed by atoms with van der Waals surface area (Å²) in [5, 5.41) is 0. The molecule has 32 heavy (non-hydrogen) atoms. The maximum Gasteiger partial charge on any atom is 0.492 e. The fourth-order valence-electron chi connectivity index (χ4n) is 1.91. The predicted octanol–water partition coefficient (Wildman–Crippen LogP) is 4.97. The van der Waals surface area contributed by atoms with Crippen LogP contribution in [-0.2, 0) is 18.4 Å². The second-order valence-corrected chi connectivity index (χ2v) is 7.63. The minimum absolute atomic E-state index is 0.493. The molecule has 0 aliphatic rings. The summed E-state index contributed by atoms with van der Waals surface area (Å²) in [6, 6.07) is 13.6. The minimum Gasteiger partial charge on any atom is -0.303 e. The van der Waals surface area contributed by atoms with Gasteiger partial charge in [-0.3, -0.25) is 9.59 Å². The van der Waals surface area contributed by atoms with Gasteiger partial charge < -0.3 is 9.05 Å². The van der Waals surface area contributed by atoms with Crippen molar-refractivity contribution in [3.8, 4) is 12.3 Å².